The number of sulfone groups is 1. The maximum atomic E-state index is 12.0. The first-order valence-corrected chi connectivity index (χ1v) is 8.12. The molecule has 0 unspecified atom stereocenters. The molecule has 6 nitrogen and oxygen atoms in total. The fraction of sp³-hybridized carbons (Fsp3) is 0.286. The minimum absolute atomic E-state index is 0.171. The fourth-order valence-electron chi connectivity index (χ4n) is 1.88. The number of nitrogens with zero attached hydrogens (tertiary/aromatic N) is 1. The Labute approximate surface area is 122 Å². The lowest BCUT2D eigenvalue weighted by molar-refractivity contribution is 0.0528. The van der Waals surface area contributed by atoms with E-state index in [2.05, 4.69) is 4.98 Å². The van der Waals surface area contributed by atoms with E-state index in [0.717, 1.165) is 6.26 Å². The first-order valence-electron chi connectivity index (χ1n) is 6.22. The molecule has 0 fully saturated rings. The lowest BCUT2D eigenvalue weighted by Gasteiger charge is -2.09. The minimum atomic E-state index is -3.54. The van der Waals surface area contributed by atoms with Crippen molar-refractivity contribution in [3.8, 4) is 5.75 Å². The lowest BCUT2D eigenvalue weighted by Crippen LogP contribution is -2.09. The maximum absolute atomic E-state index is 12.0. The van der Waals surface area contributed by atoms with Gasteiger partial charge in [0.1, 0.15) is 5.75 Å². The molecule has 0 aliphatic rings. The fourth-order valence-corrected chi connectivity index (χ4v) is 2.47. The molecule has 0 saturated heterocycles. The van der Waals surface area contributed by atoms with E-state index in [1.165, 1.54) is 13.2 Å². The van der Waals surface area contributed by atoms with Crippen molar-refractivity contribution in [3.05, 3.63) is 29.8 Å². The zero-order chi connectivity index (χ0) is 15.6. The van der Waals surface area contributed by atoms with Gasteiger partial charge < -0.3 is 9.47 Å². The first-order chi connectivity index (χ1) is 9.86. The van der Waals surface area contributed by atoms with Crippen molar-refractivity contribution < 1.29 is 22.7 Å². The van der Waals surface area contributed by atoms with Crippen molar-refractivity contribution in [2.24, 2.45) is 0 Å². The van der Waals surface area contributed by atoms with Gasteiger partial charge in [-0.3, -0.25) is 0 Å². The number of esters is 1. The molecular weight excluding hydrogens is 294 g/mol. The van der Waals surface area contributed by atoms with Crippen molar-refractivity contribution in [1.29, 1.82) is 0 Å². The van der Waals surface area contributed by atoms with Crippen LogP contribution < -0.4 is 4.74 Å². The third-order valence-electron chi connectivity index (χ3n) is 2.87. The maximum Gasteiger partial charge on any atom is 0.338 e. The van der Waals surface area contributed by atoms with Crippen LogP contribution in [-0.4, -0.2) is 39.3 Å². The number of hydrogen-bond donors (Lipinski definition) is 0. The molecular formula is C14H15NO5S. The second-order valence-electron chi connectivity index (χ2n) is 4.38. The van der Waals surface area contributed by atoms with Crippen LogP contribution in [0.15, 0.2) is 29.3 Å². The second kappa shape index (κ2) is 5.69. The number of fused-ring (bicyclic) bond motifs is 1. The Hall–Kier alpha value is -2.15. The van der Waals surface area contributed by atoms with Gasteiger partial charge in [0.15, 0.2) is 14.9 Å². The largest absolute Gasteiger partial charge is 0.497 e. The van der Waals surface area contributed by atoms with Crippen molar-refractivity contribution in [3.63, 3.8) is 0 Å². The molecule has 112 valence electrons. The Kier molecular flexibility index (Phi) is 4.13. The average Bonchev–Trinajstić information content (AvgIpc) is 2.44. The number of ether oxygens (including phenoxy) is 2. The van der Waals surface area contributed by atoms with Crippen LogP contribution in [0, 0.1) is 0 Å². The quantitative estimate of drug-likeness (QED) is 0.801. The van der Waals surface area contributed by atoms with Gasteiger partial charge in [-0.05, 0) is 25.1 Å². The second-order valence-corrected chi connectivity index (χ2v) is 6.35. The smallest absolute Gasteiger partial charge is 0.338 e. The summed E-state index contributed by atoms with van der Waals surface area (Å²) in [6.45, 7) is 1.88. The van der Waals surface area contributed by atoms with E-state index in [9.17, 15) is 13.2 Å². The molecule has 0 radical (unpaired) electrons. The summed E-state index contributed by atoms with van der Waals surface area (Å²) in [5.74, 6) is -0.0598. The van der Waals surface area contributed by atoms with E-state index in [4.69, 9.17) is 9.47 Å². The van der Waals surface area contributed by atoms with E-state index < -0.39 is 15.8 Å². The Morgan fingerprint density at radius 1 is 1.29 bits per heavy atom. The third-order valence-corrected chi connectivity index (χ3v) is 3.84. The van der Waals surface area contributed by atoms with Crippen LogP contribution in [0.2, 0.25) is 0 Å². The van der Waals surface area contributed by atoms with Gasteiger partial charge in [0.25, 0.3) is 0 Å². The summed E-state index contributed by atoms with van der Waals surface area (Å²) in [5, 5.41) is 0.341. The molecule has 0 saturated carbocycles. The molecule has 1 aromatic carbocycles. The van der Waals surface area contributed by atoms with Crippen molar-refractivity contribution in [2.75, 3.05) is 20.0 Å². The normalized spacial score (nSPS) is 11.4. The van der Waals surface area contributed by atoms with Crippen LogP contribution in [0.3, 0.4) is 0 Å². The summed E-state index contributed by atoms with van der Waals surface area (Å²) in [5.41, 5.74) is 0.533. The summed E-state index contributed by atoms with van der Waals surface area (Å²) >= 11 is 0. The molecule has 0 spiro atoms. The highest BCUT2D eigenvalue weighted by Gasteiger charge is 2.18. The zero-order valence-corrected chi connectivity index (χ0v) is 12.7. The zero-order valence-electron chi connectivity index (χ0n) is 11.9. The van der Waals surface area contributed by atoms with Gasteiger partial charge >= 0.3 is 5.97 Å². The highest BCUT2D eigenvalue weighted by molar-refractivity contribution is 7.90. The number of carbonyl (C=O) groups excluding carboxylic acids is 1. The summed E-state index contributed by atoms with van der Waals surface area (Å²) in [7, 11) is -2.05. The molecule has 0 amide bonds. The summed E-state index contributed by atoms with van der Waals surface area (Å²) < 4.78 is 33.5. The Balaban J connectivity index is 2.78. The molecule has 7 heteroatoms. The van der Waals surface area contributed by atoms with E-state index in [0.29, 0.717) is 16.7 Å². The van der Waals surface area contributed by atoms with Crippen molar-refractivity contribution in [2.45, 2.75) is 11.9 Å². The Bertz CT molecular complexity index is 798. The minimum Gasteiger partial charge on any atom is -0.497 e. The van der Waals surface area contributed by atoms with Crippen molar-refractivity contribution >= 4 is 26.7 Å². The van der Waals surface area contributed by atoms with Crippen LogP contribution in [0.1, 0.15) is 17.3 Å². The van der Waals surface area contributed by atoms with E-state index in [1.807, 2.05) is 0 Å². The first kappa shape index (κ1) is 15.2. The molecule has 21 heavy (non-hydrogen) atoms. The molecule has 0 aliphatic heterocycles. The van der Waals surface area contributed by atoms with Crippen LogP contribution in [0.5, 0.6) is 5.75 Å². The highest BCUT2D eigenvalue weighted by Crippen LogP contribution is 2.25. The van der Waals surface area contributed by atoms with E-state index in [1.54, 1.807) is 25.1 Å². The van der Waals surface area contributed by atoms with Crippen LogP contribution in [-0.2, 0) is 14.6 Å². The van der Waals surface area contributed by atoms with E-state index >= 15 is 0 Å². The van der Waals surface area contributed by atoms with Gasteiger partial charge in [0.2, 0.25) is 0 Å². The number of aromatic nitrogens is 1. The number of benzene rings is 1. The standard InChI is InChI=1S/C14H15NO5S/c1-4-20-14(16)11-8-13(21(3,17)18)15-12-7-9(19-2)5-6-10(11)12/h5-8H,4H2,1-3H3. The van der Waals surface area contributed by atoms with Gasteiger partial charge in [-0.2, -0.15) is 0 Å². The van der Waals surface area contributed by atoms with Gasteiger partial charge in [-0.25, -0.2) is 18.2 Å². The summed E-state index contributed by atoms with van der Waals surface area (Å²) in [4.78, 5) is 16.1. The van der Waals surface area contributed by atoms with Crippen LogP contribution in [0.4, 0.5) is 0 Å². The molecule has 0 N–H and O–H groups in total. The Morgan fingerprint density at radius 3 is 2.57 bits per heavy atom. The Morgan fingerprint density at radius 2 is 2.00 bits per heavy atom. The van der Waals surface area contributed by atoms with Crippen molar-refractivity contribution in [1.82, 2.24) is 4.98 Å². The average molecular weight is 309 g/mol. The number of pyridine rings is 1. The highest BCUT2D eigenvalue weighted by atomic mass is 32.2. The van der Waals surface area contributed by atoms with Crippen LogP contribution >= 0.6 is 0 Å². The number of methoxy groups -OCH3 is 1. The molecule has 0 bridgehead atoms. The monoisotopic (exact) mass is 309 g/mol. The van der Waals surface area contributed by atoms with Gasteiger partial charge in [-0.15, -0.1) is 0 Å². The summed E-state index contributed by atoms with van der Waals surface area (Å²) in [6.07, 6.45) is 1.04. The van der Waals surface area contributed by atoms with Gasteiger partial charge in [0.05, 0.1) is 24.8 Å². The van der Waals surface area contributed by atoms with E-state index in [-0.39, 0.29) is 17.2 Å². The third kappa shape index (κ3) is 3.13. The molecule has 0 aliphatic carbocycles. The number of hydrogen-bond acceptors (Lipinski definition) is 6. The number of carbonyl (C=O) groups is 1. The number of rotatable bonds is 4. The predicted molar refractivity (Wildman–Crippen MR) is 77.4 cm³/mol. The molecule has 1 heterocycles. The lowest BCUT2D eigenvalue weighted by atomic mass is 10.1. The molecule has 1 aromatic heterocycles. The molecule has 0 atom stereocenters. The summed E-state index contributed by atoms with van der Waals surface area (Å²) in [6, 6.07) is 6.14. The topological polar surface area (TPSA) is 82.6 Å². The predicted octanol–water partition coefficient (Wildman–Crippen LogP) is 1.82. The van der Waals surface area contributed by atoms with Gasteiger partial charge in [0, 0.05) is 17.7 Å². The molecule has 2 rings (SSSR count). The SMILES string of the molecule is CCOC(=O)c1cc(S(C)(=O)=O)nc2cc(OC)ccc12. The van der Waals surface area contributed by atoms with Gasteiger partial charge in [-0.1, -0.05) is 0 Å². The molecule has 2 aromatic rings. The van der Waals surface area contributed by atoms with Crippen LogP contribution in [0.25, 0.3) is 10.9 Å².